The van der Waals surface area contributed by atoms with Crippen LogP contribution in [0.2, 0.25) is 0 Å². The van der Waals surface area contributed by atoms with Crippen LogP contribution in [0.1, 0.15) is 16.8 Å². The Hall–Kier alpha value is -1.14. The summed E-state index contributed by atoms with van der Waals surface area (Å²) in [5.41, 5.74) is 0.212. The molecule has 1 aromatic rings. The number of hydrogen-bond donors (Lipinski definition) is 0. The fraction of sp³-hybridized carbons (Fsp3) is 0.400. The minimum Gasteiger partial charge on any atom is -0.465 e. The van der Waals surface area contributed by atoms with Crippen LogP contribution in [0.25, 0.3) is 0 Å². The van der Waals surface area contributed by atoms with Crippen molar-refractivity contribution in [1.29, 1.82) is 0 Å². The summed E-state index contributed by atoms with van der Waals surface area (Å²) in [6.07, 6.45) is 1.55. The van der Waals surface area contributed by atoms with Gasteiger partial charge in [-0.2, -0.15) is 0 Å². The van der Waals surface area contributed by atoms with E-state index >= 15 is 0 Å². The summed E-state index contributed by atoms with van der Waals surface area (Å²) in [5, 5.41) is -0.0599. The van der Waals surface area contributed by atoms with Gasteiger partial charge >= 0.3 is 5.97 Å². The molecule has 0 amide bonds. The van der Waals surface area contributed by atoms with Crippen molar-refractivity contribution in [3.8, 4) is 0 Å². The Morgan fingerprint density at radius 3 is 2.65 bits per heavy atom. The fourth-order valence-electron chi connectivity index (χ4n) is 1.15. The molecule has 1 aromatic heterocycles. The van der Waals surface area contributed by atoms with Gasteiger partial charge < -0.3 is 4.74 Å². The highest BCUT2D eigenvalue weighted by molar-refractivity contribution is 7.91. The number of aromatic nitrogens is 1. The van der Waals surface area contributed by atoms with Crippen LogP contribution in [0.3, 0.4) is 0 Å². The molecule has 0 spiro atoms. The van der Waals surface area contributed by atoms with Crippen LogP contribution in [0.4, 0.5) is 0 Å². The first-order valence-corrected chi connectivity index (χ1v) is 7.03. The van der Waals surface area contributed by atoms with E-state index in [0.717, 1.165) is 0 Å². The number of hydrogen-bond acceptors (Lipinski definition) is 5. The third-order valence-corrected chi connectivity index (χ3v) is 3.99. The second-order valence-corrected chi connectivity index (χ2v) is 5.67. The molecule has 0 aromatic carbocycles. The molecule has 1 rings (SSSR count). The Kier molecular flexibility index (Phi) is 4.89. The van der Waals surface area contributed by atoms with E-state index in [-0.39, 0.29) is 22.2 Å². The molecule has 0 saturated heterocycles. The summed E-state index contributed by atoms with van der Waals surface area (Å²) >= 11 is 5.43. The summed E-state index contributed by atoms with van der Waals surface area (Å²) < 4.78 is 27.9. The van der Waals surface area contributed by atoms with Gasteiger partial charge in [0, 0.05) is 12.1 Å². The number of methoxy groups -OCH3 is 1. The van der Waals surface area contributed by atoms with Gasteiger partial charge in [-0.1, -0.05) is 0 Å². The molecule has 1 heterocycles. The number of carbonyl (C=O) groups excluding carboxylic acids is 1. The van der Waals surface area contributed by atoms with Gasteiger partial charge in [-0.3, -0.25) is 0 Å². The van der Waals surface area contributed by atoms with Crippen molar-refractivity contribution in [1.82, 2.24) is 4.98 Å². The lowest BCUT2D eigenvalue weighted by Gasteiger charge is -2.03. The topological polar surface area (TPSA) is 73.3 Å². The molecule has 0 bridgehead atoms. The monoisotopic (exact) mass is 277 g/mol. The number of halogens is 1. The van der Waals surface area contributed by atoms with Crippen molar-refractivity contribution in [3.05, 3.63) is 23.9 Å². The van der Waals surface area contributed by atoms with Crippen molar-refractivity contribution in [2.75, 3.05) is 18.7 Å². The molecule has 0 unspecified atom stereocenters. The predicted octanol–water partition coefficient (Wildman–Crippen LogP) is 1.27. The standard InChI is InChI=1S/C10H12ClNO4S/c1-16-10(13)8-3-4-9(12-7-8)17(14,15)6-2-5-11/h3-4,7H,2,5-6H2,1H3. The maximum Gasteiger partial charge on any atom is 0.339 e. The SMILES string of the molecule is COC(=O)c1ccc(S(=O)(=O)CCCCl)nc1. The number of rotatable bonds is 5. The first-order valence-electron chi connectivity index (χ1n) is 4.84. The Bertz CT molecular complexity index is 484. The van der Waals surface area contributed by atoms with Gasteiger partial charge in [-0.15, -0.1) is 11.6 Å². The smallest absolute Gasteiger partial charge is 0.339 e. The molecule has 0 aliphatic heterocycles. The van der Waals surface area contributed by atoms with E-state index in [9.17, 15) is 13.2 Å². The van der Waals surface area contributed by atoms with Gasteiger partial charge in [0.2, 0.25) is 0 Å². The third-order valence-electron chi connectivity index (χ3n) is 2.02. The van der Waals surface area contributed by atoms with E-state index in [2.05, 4.69) is 9.72 Å². The van der Waals surface area contributed by atoms with Gasteiger partial charge in [-0.05, 0) is 18.6 Å². The van der Waals surface area contributed by atoms with Crippen molar-refractivity contribution in [3.63, 3.8) is 0 Å². The van der Waals surface area contributed by atoms with E-state index in [1.165, 1.54) is 25.4 Å². The van der Waals surface area contributed by atoms with E-state index in [0.29, 0.717) is 6.42 Å². The Morgan fingerprint density at radius 1 is 1.47 bits per heavy atom. The zero-order valence-electron chi connectivity index (χ0n) is 9.22. The summed E-state index contributed by atoms with van der Waals surface area (Å²) in [6, 6.07) is 2.65. The third kappa shape index (κ3) is 3.67. The molecule has 17 heavy (non-hydrogen) atoms. The molecule has 0 N–H and O–H groups in total. The molecule has 0 atom stereocenters. The first kappa shape index (κ1) is 13.9. The highest BCUT2D eigenvalue weighted by atomic mass is 35.5. The zero-order chi connectivity index (χ0) is 12.9. The largest absolute Gasteiger partial charge is 0.465 e. The quantitative estimate of drug-likeness (QED) is 0.599. The van der Waals surface area contributed by atoms with Gasteiger partial charge in [0.15, 0.2) is 14.9 Å². The molecule has 0 aliphatic rings. The Morgan fingerprint density at radius 2 is 2.18 bits per heavy atom. The van der Waals surface area contributed by atoms with Gasteiger partial charge in [0.1, 0.15) is 0 Å². The second-order valence-electron chi connectivity index (χ2n) is 3.24. The Labute approximate surface area is 105 Å². The molecule has 0 radical (unpaired) electrons. The molecule has 0 saturated carbocycles. The molecule has 94 valence electrons. The van der Waals surface area contributed by atoms with Crippen LogP contribution >= 0.6 is 11.6 Å². The number of sulfone groups is 1. The van der Waals surface area contributed by atoms with Crippen LogP contribution in [-0.2, 0) is 14.6 Å². The number of esters is 1. The minimum atomic E-state index is -3.42. The van der Waals surface area contributed by atoms with Crippen LogP contribution in [0.5, 0.6) is 0 Å². The fourth-order valence-corrected chi connectivity index (χ4v) is 2.67. The molecular weight excluding hydrogens is 266 g/mol. The van der Waals surface area contributed by atoms with E-state index < -0.39 is 15.8 Å². The highest BCUT2D eigenvalue weighted by Crippen LogP contribution is 2.10. The van der Waals surface area contributed by atoms with Crippen molar-refractivity contribution in [2.45, 2.75) is 11.4 Å². The van der Waals surface area contributed by atoms with Crippen LogP contribution < -0.4 is 0 Å². The molecular formula is C10H12ClNO4S. The van der Waals surface area contributed by atoms with Crippen LogP contribution in [0, 0.1) is 0 Å². The lowest BCUT2D eigenvalue weighted by molar-refractivity contribution is 0.0600. The zero-order valence-corrected chi connectivity index (χ0v) is 10.8. The number of pyridine rings is 1. The van der Waals surface area contributed by atoms with Gasteiger partial charge in [0.25, 0.3) is 0 Å². The van der Waals surface area contributed by atoms with Crippen LogP contribution in [-0.4, -0.2) is 38.1 Å². The summed E-state index contributed by atoms with van der Waals surface area (Å²) in [4.78, 5) is 14.9. The van der Waals surface area contributed by atoms with Gasteiger partial charge in [-0.25, -0.2) is 18.2 Å². The minimum absolute atomic E-state index is 0.0545. The Balaban J connectivity index is 2.91. The summed E-state index contributed by atoms with van der Waals surface area (Å²) in [7, 11) is -2.18. The normalized spacial score (nSPS) is 11.2. The number of alkyl halides is 1. The lowest BCUT2D eigenvalue weighted by Crippen LogP contribution is -2.10. The van der Waals surface area contributed by atoms with E-state index in [1.807, 2.05) is 0 Å². The van der Waals surface area contributed by atoms with Crippen molar-refractivity contribution in [2.24, 2.45) is 0 Å². The average Bonchev–Trinajstić information content (AvgIpc) is 2.35. The van der Waals surface area contributed by atoms with E-state index in [4.69, 9.17) is 11.6 Å². The molecule has 0 aliphatic carbocycles. The molecule has 7 heteroatoms. The lowest BCUT2D eigenvalue weighted by atomic mass is 10.3. The van der Waals surface area contributed by atoms with Crippen molar-refractivity contribution < 1.29 is 17.9 Å². The average molecular weight is 278 g/mol. The maximum absolute atomic E-state index is 11.7. The highest BCUT2D eigenvalue weighted by Gasteiger charge is 2.16. The number of carbonyl (C=O) groups is 1. The van der Waals surface area contributed by atoms with E-state index in [1.54, 1.807) is 0 Å². The number of nitrogens with zero attached hydrogens (tertiary/aromatic N) is 1. The van der Waals surface area contributed by atoms with Crippen molar-refractivity contribution >= 4 is 27.4 Å². The molecule has 0 fully saturated rings. The summed E-state index contributed by atoms with van der Waals surface area (Å²) in [6.45, 7) is 0. The predicted molar refractivity (Wildman–Crippen MR) is 63.0 cm³/mol. The summed E-state index contributed by atoms with van der Waals surface area (Å²) in [5.74, 6) is -0.331. The first-order chi connectivity index (χ1) is 8.01. The maximum atomic E-state index is 11.7. The number of ether oxygens (including phenoxy) is 1. The molecule has 5 nitrogen and oxygen atoms in total. The van der Waals surface area contributed by atoms with Gasteiger partial charge in [0.05, 0.1) is 18.4 Å². The second kappa shape index (κ2) is 5.97. The van der Waals surface area contributed by atoms with Crippen LogP contribution in [0.15, 0.2) is 23.4 Å².